The van der Waals surface area contributed by atoms with Crippen molar-refractivity contribution in [3.8, 4) is 0 Å². The minimum absolute atomic E-state index is 0.167. The van der Waals surface area contributed by atoms with Crippen molar-refractivity contribution in [3.05, 3.63) is 45.7 Å². The van der Waals surface area contributed by atoms with Crippen LogP contribution in [0.1, 0.15) is 39.2 Å². The molecular weight excluding hydrogens is 336 g/mol. The van der Waals surface area contributed by atoms with E-state index in [2.05, 4.69) is 14.9 Å². The monoisotopic (exact) mass is 358 g/mol. The van der Waals surface area contributed by atoms with Gasteiger partial charge in [-0.3, -0.25) is 4.79 Å². The van der Waals surface area contributed by atoms with Crippen molar-refractivity contribution in [1.29, 1.82) is 0 Å². The van der Waals surface area contributed by atoms with E-state index in [-0.39, 0.29) is 11.9 Å². The van der Waals surface area contributed by atoms with Crippen molar-refractivity contribution in [2.45, 2.75) is 33.4 Å². The number of rotatable bonds is 6. The molecule has 2 aromatic heterocycles. The van der Waals surface area contributed by atoms with E-state index in [1.807, 2.05) is 45.0 Å². The quantitative estimate of drug-likeness (QED) is 0.734. The third-order valence-electron chi connectivity index (χ3n) is 4.06. The summed E-state index contributed by atoms with van der Waals surface area (Å²) in [6.45, 7) is 7.02. The number of imidazole rings is 1. The van der Waals surface area contributed by atoms with E-state index in [0.29, 0.717) is 18.8 Å². The third kappa shape index (κ3) is 3.57. The lowest BCUT2D eigenvalue weighted by Gasteiger charge is -2.16. The molecule has 25 heavy (non-hydrogen) atoms. The first-order valence-corrected chi connectivity index (χ1v) is 9.02. The summed E-state index contributed by atoms with van der Waals surface area (Å²) < 4.78 is 7.32. The predicted octanol–water partition coefficient (Wildman–Crippen LogP) is 3.25. The van der Waals surface area contributed by atoms with Crippen LogP contribution in [0.25, 0.3) is 11.0 Å². The molecule has 0 bridgehead atoms. The molecule has 0 saturated heterocycles. The van der Waals surface area contributed by atoms with Gasteiger partial charge in [-0.25, -0.2) is 9.97 Å². The second kappa shape index (κ2) is 7.33. The first-order valence-electron chi connectivity index (χ1n) is 8.20. The molecule has 0 spiro atoms. The van der Waals surface area contributed by atoms with Gasteiger partial charge in [-0.1, -0.05) is 12.1 Å². The fraction of sp³-hybridized carbons (Fsp3) is 0.389. The number of nitrogens with one attached hydrogen (secondary N) is 1. The van der Waals surface area contributed by atoms with Crippen LogP contribution in [0.4, 0.5) is 0 Å². The van der Waals surface area contributed by atoms with Gasteiger partial charge in [0.15, 0.2) is 0 Å². The van der Waals surface area contributed by atoms with Crippen LogP contribution in [-0.2, 0) is 11.3 Å². The third-order valence-corrected chi connectivity index (χ3v) is 4.94. The average molecular weight is 358 g/mol. The smallest absolute Gasteiger partial charge is 0.271 e. The molecule has 0 radical (unpaired) electrons. The second-order valence-corrected chi connectivity index (χ2v) is 7.34. The van der Waals surface area contributed by atoms with Crippen LogP contribution in [0.3, 0.4) is 0 Å². The summed E-state index contributed by atoms with van der Waals surface area (Å²) in [6, 6.07) is 7.72. The van der Waals surface area contributed by atoms with Gasteiger partial charge < -0.3 is 14.6 Å². The normalized spacial score (nSPS) is 12.5. The van der Waals surface area contributed by atoms with Crippen LogP contribution in [0, 0.1) is 13.8 Å². The Labute approximate surface area is 150 Å². The highest BCUT2D eigenvalue weighted by Gasteiger charge is 2.21. The molecule has 1 amide bonds. The molecule has 7 heteroatoms. The molecule has 0 aliphatic carbocycles. The van der Waals surface area contributed by atoms with Gasteiger partial charge >= 0.3 is 0 Å². The topological polar surface area (TPSA) is 69.0 Å². The largest absolute Gasteiger partial charge is 0.383 e. The van der Waals surface area contributed by atoms with Crippen molar-refractivity contribution in [2.24, 2.45) is 0 Å². The molecule has 0 saturated carbocycles. The Bertz CT molecular complexity index is 900. The summed E-state index contributed by atoms with van der Waals surface area (Å²) in [4.78, 5) is 22.5. The zero-order valence-corrected chi connectivity index (χ0v) is 15.7. The average Bonchev–Trinajstić information content (AvgIpc) is 3.12. The first-order chi connectivity index (χ1) is 12.0. The van der Waals surface area contributed by atoms with Gasteiger partial charge in [-0.05, 0) is 32.9 Å². The molecule has 0 aliphatic rings. The van der Waals surface area contributed by atoms with Gasteiger partial charge in [-0.15, -0.1) is 11.3 Å². The van der Waals surface area contributed by atoms with E-state index >= 15 is 0 Å². The van der Waals surface area contributed by atoms with Crippen LogP contribution in [0.2, 0.25) is 0 Å². The zero-order chi connectivity index (χ0) is 18.0. The first kappa shape index (κ1) is 17.6. The number of thiazole rings is 1. The number of hydrogen-bond acceptors (Lipinski definition) is 5. The lowest BCUT2D eigenvalue weighted by Crippen LogP contribution is -2.29. The number of nitrogens with zero attached hydrogens (tertiary/aromatic N) is 3. The minimum atomic E-state index is -0.238. The molecule has 132 valence electrons. The summed E-state index contributed by atoms with van der Waals surface area (Å²) in [7, 11) is 1.68. The van der Waals surface area contributed by atoms with Crippen LogP contribution in [0.15, 0.2) is 24.3 Å². The number of fused-ring (bicyclic) bond motifs is 1. The number of hydrogen-bond donors (Lipinski definition) is 1. The SMILES string of the molecule is COCCn1c([C@H](C)NC(=O)c2nc(C)sc2C)nc2ccccc21. The molecule has 1 N–H and O–H groups in total. The van der Waals surface area contributed by atoms with Crippen LogP contribution in [0.5, 0.6) is 0 Å². The van der Waals surface area contributed by atoms with Crippen molar-refractivity contribution in [3.63, 3.8) is 0 Å². The second-order valence-electron chi connectivity index (χ2n) is 5.94. The van der Waals surface area contributed by atoms with Crippen molar-refractivity contribution in [2.75, 3.05) is 13.7 Å². The molecule has 3 aromatic rings. The molecule has 2 heterocycles. The number of methoxy groups -OCH3 is 1. The summed E-state index contributed by atoms with van der Waals surface area (Å²) >= 11 is 1.53. The summed E-state index contributed by atoms with van der Waals surface area (Å²) in [6.07, 6.45) is 0. The maximum Gasteiger partial charge on any atom is 0.271 e. The lowest BCUT2D eigenvalue weighted by atomic mass is 10.2. The van der Waals surface area contributed by atoms with Crippen molar-refractivity contribution >= 4 is 28.3 Å². The number of aryl methyl sites for hydroxylation is 2. The molecule has 1 aromatic carbocycles. The maximum atomic E-state index is 12.6. The molecule has 1 atom stereocenters. The highest BCUT2D eigenvalue weighted by molar-refractivity contribution is 7.11. The maximum absolute atomic E-state index is 12.6. The van der Waals surface area contributed by atoms with Crippen LogP contribution < -0.4 is 5.32 Å². The number of ether oxygens (including phenoxy) is 1. The van der Waals surface area contributed by atoms with E-state index < -0.39 is 0 Å². The number of amides is 1. The Morgan fingerprint density at radius 1 is 1.32 bits per heavy atom. The highest BCUT2D eigenvalue weighted by Crippen LogP contribution is 2.22. The molecule has 0 unspecified atom stereocenters. The van der Waals surface area contributed by atoms with Crippen molar-refractivity contribution < 1.29 is 9.53 Å². The highest BCUT2D eigenvalue weighted by atomic mass is 32.1. The van der Waals surface area contributed by atoms with Crippen LogP contribution in [-0.4, -0.2) is 34.2 Å². The predicted molar refractivity (Wildman–Crippen MR) is 99.1 cm³/mol. The van der Waals surface area contributed by atoms with E-state index in [1.165, 1.54) is 11.3 Å². The van der Waals surface area contributed by atoms with E-state index in [1.54, 1.807) is 7.11 Å². The van der Waals surface area contributed by atoms with E-state index in [9.17, 15) is 4.79 Å². The van der Waals surface area contributed by atoms with Gasteiger partial charge in [0.1, 0.15) is 11.5 Å². The Morgan fingerprint density at radius 2 is 2.08 bits per heavy atom. The minimum Gasteiger partial charge on any atom is -0.383 e. The Balaban J connectivity index is 1.89. The number of carbonyl (C=O) groups excluding carboxylic acids is 1. The van der Waals surface area contributed by atoms with Gasteiger partial charge in [0.25, 0.3) is 5.91 Å². The fourth-order valence-electron chi connectivity index (χ4n) is 2.91. The molecular formula is C18H22N4O2S. The molecule has 0 fully saturated rings. The summed E-state index contributed by atoms with van der Waals surface area (Å²) in [5.41, 5.74) is 2.45. The lowest BCUT2D eigenvalue weighted by molar-refractivity contribution is 0.0932. The van der Waals surface area contributed by atoms with Crippen LogP contribution >= 0.6 is 11.3 Å². The number of para-hydroxylation sites is 2. The molecule has 3 rings (SSSR count). The van der Waals surface area contributed by atoms with Gasteiger partial charge in [0.2, 0.25) is 0 Å². The molecule has 0 aliphatic heterocycles. The Kier molecular flexibility index (Phi) is 5.15. The van der Waals surface area contributed by atoms with Crippen molar-refractivity contribution in [1.82, 2.24) is 19.9 Å². The van der Waals surface area contributed by atoms with E-state index in [4.69, 9.17) is 9.72 Å². The number of benzene rings is 1. The standard InChI is InChI=1S/C18H22N4O2S/c1-11(19-18(23)16-12(2)25-13(3)20-16)17-21-14-7-5-6-8-15(14)22(17)9-10-24-4/h5-8,11H,9-10H2,1-4H3,(H,19,23)/t11-/m0/s1. The Morgan fingerprint density at radius 3 is 2.76 bits per heavy atom. The number of aromatic nitrogens is 3. The summed E-state index contributed by atoms with van der Waals surface area (Å²) in [5, 5.41) is 3.92. The van der Waals surface area contributed by atoms with Gasteiger partial charge in [0, 0.05) is 18.5 Å². The molecule has 6 nitrogen and oxygen atoms in total. The van der Waals surface area contributed by atoms with Gasteiger partial charge in [0.05, 0.1) is 28.7 Å². The van der Waals surface area contributed by atoms with Gasteiger partial charge in [-0.2, -0.15) is 0 Å². The summed E-state index contributed by atoms with van der Waals surface area (Å²) in [5.74, 6) is 0.649. The van der Waals surface area contributed by atoms with E-state index in [0.717, 1.165) is 26.7 Å². The fourth-order valence-corrected chi connectivity index (χ4v) is 3.73. The zero-order valence-electron chi connectivity index (χ0n) is 14.9. The Hall–Kier alpha value is -2.25. The number of carbonyl (C=O) groups is 1.